The molecule has 0 radical (unpaired) electrons. The van der Waals surface area contributed by atoms with Gasteiger partial charge in [-0.15, -0.1) is 11.3 Å². The Kier molecular flexibility index (Phi) is 5.69. The maximum Gasteiger partial charge on any atom is 0.340 e. The first-order valence-electron chi connectivity index (χ1n) is 5.77. The van der Waals surface area contributed by atoms with E-state index in [1.54, 1.807) is 12.3 Å². The van der Waals surface area contributed by atoms with E-state index in [9.17, 15) is 4.79 Å². The highest BCUT2D eigenvalue weighted by Gasteiger charge is 2.15. The highest BCUT2D eigenvalue weighted by Crippen LogP contribution is 2.21. The molecular formula is C12H18N2O2S. The van der Waals surface area contributed by atoms with Crippen molar-refractivity contribution in [2.45, 2.75) is 33.1 Å². The standard InChI is InChI=1S/C12H18N2O2S/c1-3-5-6-7-9(11(15)16-4-2)10-8-17-12(13)14-10/h7-8H,3-6H2,1-2H3,(H2,13,14)/b9-7-. The molecule has 0 aliphatic heterocycles. The third-order valence-corrected chi connectivity index (χ3v) is 2.87. The van der Waals surface area contributed by atoms with E-state index in [0.717, 1.165) is 19.3 Å². The third kappa shape index (κ3) is 4.19. The van der Waals surface area contributed by atoms with Gasteiger partial charge in [-0.25, -0.2) is 9.78 Å². The van der Waals surface area contributed by atoms with Crippen LogP contribution in [0.15, 0.2) is 11.5 Å². The normalized spacial score (nSPS) is 11.5. The van der Waals surface area contributed by atoms with Crippen molar-refractivity contribution in [3.05, 3.63) is 17.2 Å². The zero-order chi connectivity index (χ0) is 12.7. The average molecular weight is 254 g/mol. The zero-order valence-corrected chi connectivity index (χ0v) is 11.0. The summed E-state index contributed by atoms with van der Waals surface area (Å²) in [5.41, 5.74) is 6.71. The van der Waals surface area contributed by atoms with E-state index in [-0.39, 0.29) is 5.97 Å². The van der Waals surface area contributed by atoms with Gasteiger partial charge in [0, 0.05) is 5.38 Å². The first kappa shape index (κ1) is 13.7. The maximum absolute atomic E-state index is 11.8. The molecule has 0 atom stereocenters. The monoisotopic (exact) mass is 254 g/mol. The van der Waals surface area contributed by atoms with Gasteiger partial charge in [-0.05, 0) is 13.3 Å². The largest absolute Gasteiger partial charge is 0.462 e. The van der Waals surface area contributed by atoms with Gasteiger partial charge in [0.1, 0.15) is 0 Å². The van der Waals surface area contributed by atoms with Crippen LogP contribution < -0.4 is 5.73 Å². The van der Waals surface area contributed by atoms with Crippen molar-refractivity contribution in [1.82, 2.24) is 4.98 Å². The maximum atomic E-state index is 11.8. The molecule has 0 unspecified atom stereocenters. The number of ether oxygens (including phenoxy) is 1. The van der Waals surface area contributed by atoms with E-state index < -0.39 is 0 Å². The van der Waals surface area contributed by atoms with Crippen LogP contribution >= 0.6 is 11.3 Å². The predicted octanol–water partition coefficient (Wildman–Crippen LogP) is 2.86. The lowest BCUT2D eigenvalue weighted by Crippen LogP contribution is -2.07. The van der Waals surface area contributed by atoms with Crippen LogP contribution in [0.5, 0.6) is 0 Å². The van der Waals surface area contributed by atoms with Crippen molar-refractivity contribution in [2.24, 2.45) is 0 Å². The molecule has 0 aliphatic rings. The molecule has 1 rings (SSSR count). The first-order valence-corrected chi connectivity index (χ1v) is 6.65. The fraction of sp³-hybridized carbons (Fsp3) is 0.500. The Labute approximate surface area is 106 Å². The number of allylic oxidation sites excluding steroid dienone is 1. The van der Waals surface area contributed by atoms with E-state index in [2.05, 4.69) is 11.9 Å². The number of nitrogens with two attached hydrogens (primary N) is 1. The summed E-state index contributed by atoms with van der Waals surface area (Å²) >= 11 is 1.33. The summed E-state index contributed by atoms with van der Waals surface area (Å²) in [6.07, 6.45) is 4.87. The van der Waals surface area contributed by atoms with Gasteiger partial charge in [-0.1, -0.05) is 25.8 Å². The number of carbonyl (C=O) groups is 1. The SMILES string of the molecule is CCCC/C=C(\C(=O)OCC)c1csc(N)n1. The van der Waals surface area contributed by atoms with Crippen LogP contribution in [0.2, 0.25) is 0 Å². The van der Waals surface area contributed by atoms with Gasteiger partial charge in [0.2, 0.25) is 0 Å². The van der Waals surface area contributed by atoms with E-state index in [1.807, 2.05) is 6.08 Å². The first-order chi connectivity index (χ1) is 8.19. The fourth-order valence-corrected chi connectivity index (χ4v) is 1.93. The van der Waals surface area contributed by atoms with Crippen LogP contribution in [0, 0.1) is 0 Å². The Morgan fingerprint density at radius 2 is 2.35 bits per heavy atom. The number of nitrogens with zero attached hydrogens (tertiary/aromatic N) is 1. The Bertz CT molecular complexity index is 399. The number of hydrogen-bond acceptors (Lipinski definition) is 5. The second kappa shape index (κ2) is 7.06. The summed E-state index contributed by atoms with van der Waals surface area (Å²) in [6.45, 7) is 4.26. The summed E-state index contributed by atoms with van der Waals surface area (Å²) in [6, 6.07) is 0. The quantitative estimate of drug-likeness (QED) is 0.481. The number of hydrogen-bond donors (Lipinski definition) is 1. The van der Waals surface area contributed by atoms with Crippen LogP contribution in [-0.4, -0.2) is 17.6 Å². The summed E-state index contributed by atoms with van der Waals surface area (Å²) in [5.74, 6) is -0.325. The summed E-state index contributed by atoms with van der Waals surface area (Å²) < 4.78 is 5.01. The molecule has 0 amide bonds. The lowest BCUT2D eigenvalue weighted by atomic mass is 10.1. The fourth-order valence-electron chi connectivity index (χ4n) is 1.36. The minimum atomic E-state index is -0.325. The molecular weight excluding hydrogens is 236 g/mol. The molecule has 0 saturated carbocycles. The molecule has 0 fully saturated rings. The Morgan fingerprint density at radius 1 is 1.59 bits per heavy atom. The molecule has 1 heterocycles. The summed E-state index contributed by atoms with van der Waals surface area (Å²) in [7, 11) is 0. The summed E-state index contributed by atoms with van der Waals surface area (Å²) in [5, 5.41) is 2.25. The van der Waals surface area contributed by atoms with Gasteiger partial charge in [0.15, 0.2) is 5.13 Å². The van der Waals surface area contributed by atoms with E-state index in [4.69, 9.17) is 10.5 Å². The van der Waals surface area contributed by atoms with Gasteiger partial charge in [-0.2, -0.15) is 0 Å². The summed E-state index contributed by atoms with van der Waals surface area (Å²) in [4.78, 5) is 15.9. The van der Waals surface area contributed by atoms with Gasteiger partial charge >= 0.3 is 5.97 Å². The number of thiazole rings is 1. The lowest BCUT2D eigenvalue weighted by Gasteiger charge is -2.04. The number of anilines is 1. The topological polar surface area (TPSA) is 65.2 Å². The van der Waals surface area contributed by atoms with Crippen molar-refractivity contribution < 1.29 is 9.53 Å². The van der Waals surface area contributed by atoms with Crippen LogP contribution in [0.1, 0.15) is 38.8 Å². The van der Waals surface area contributed by atoms with Crippen molar-refractivity contribution >= 4 is 28.0 Å². The number of aromatic nitrogens is 1. The van der Waals surface area contributed by atoms with Crippen LogP contribution in [0.4, 0.5) is 5.13 Å². The second-order valence-corrected chi connectivity index (χ2v) is 4.44. The lowest BCUT2D eigenvalue weighted by molar-refractivity contribution is -0.136. The minimum absolute atomic E-state index is 0.325. The average Bonchev–Trinajstić information content (AvgIpc) is 2.71. The number of unbranched alkanes of at least 4 members (excludes halogenated alkanes) is 2. The smallest absolute Gasteiger partial charge is 0.340 e. The molecule has 94 valence electrons. The molecule has 1 aromatic heterocycles. The van der Waals surface area contributed by atoms with E-state index in [0.29, 0.717) is 23.0 Å². The number of carbonyl (C=O) groups excluding carboxylic acids is 1. The van der Waals surface area contributed by atoms with Crippen molar-refractivity contribution in [3.8, 4) is 0 Å². The van der Waals surface area contributed by atoms with Crippen molar-refractivity contribution in [3.63, 3.8) is 0 Å². The molecule has 0 aliphatic carbocycles. The molecule has 5 heteroatoms. The number of esters is 1. The molecule has 0 saturated heterocycles. The number of nitrogen functional groups attached to an aromatic ring is 1. The highest BCUT2D eigenvalue weighted by atomic mass is 32.1. The molecule has 0 aromatic carbocycles. The highest BCUT2D eigenvalue weighted by molar-refractivity contribution is 7.13. The van der Waals surface area contributed by atoms with Crippen LogP contribution in [0.3, 0.4) is 0 Å². The Balaban J connectivity index is 2.86. The molecule has 1 aromatic rings. The Hall–Kier alpha value is -1.36. The molecule has 4 nitrogen and oxygen atoms in total. The zero-order valence-electron chi connectivity index (χ0n) is 10.2. The molecule has 0 spiro atoms. The predicted molar refractivity (Wildman–Crippen MR) is 70.7 cm³/mol. The van der Waals surface area contributed by atoms with Crippen molar-refractivity contribution in [1.29, 1.82) is 0 Å². The number of rotatable bonds is 6. The van der Waals surface area contributed by atoms with Crippen LogP contribution in [-0.2, 0) is 9.53 Å². The minimum Gasteiger partial charge on any atom is -0.462 e. The third-order valence-electron chi connectivity index (χ3n) is 2.20. The van der Waals surface area contributed by atoms with Gasteiger partial charge in [0.05, 0.1) is 17.9 Å². The van der Waals surface area contributed by atoms with Crippen LogP contribution in [0.25, 0.3) is 5.57 Å². The molecule has 17 heavy (non-hydrogen) atoms. The van der Waals surface area contributed by atoms with Gasteiger partial charge < -0.3 is 10.5 Å². The second-order valence-electron chi connectivity index (χ2n) is 3.55. The van der Waals surface area contributed by atoms with Crippen molar-refractivity contribution in [2.75, 3.05) is 12.3 Å². The van der Waals surface area contributed by atoms with E-state index in [1.165, 1.54) is 11.3 Å². The van der Waals surface area contributed by atoms with Gasteiger partial charge in [-0.3, -0.25) is 0 Å². The van der Waals surface area contributed by atoms with Gasteiger partial charge in [0.25, 0.3) is 0 Å². The Morgan fingerprint density at radius 3 is 2.88 bits per heavy atom. The molecule has 2 N–H and O–H groups in total. The van der Waals surface area contributed by atoms with E-state index >= 15 is 0 Å². The molecule has 0 bridgehead atoms.